The van der Waals surface area contributed by atoms with Crippen LogP contribution < -0.4 is 9.47 Å². The van der Waals surface area contributed by atoms with Crippen molar-refractivity contribution in [1.29, 1.82) is 0 Å². The first-order chi connectivity index (χ1) is 16.5. The van der Waals surface area contributed by atoms with Crippen molar-refractivity contribution < 1.29 is 23.9 Å². The van der Waals surface area contributed by atoms with Gasteiger partial charge in [-0.15, -0.1) is 0 Å². The fraction of sp³-hybridized carbons (Fsp3) is 0.320. The van der Waals surface area contributed by atoms with Crippen molar-refractivity contribution in [2.24, 2.45) is 0 Å². The Labute approximate surface area is 207 Å². The lowest BCUT2D eigenvalue weighted by Gasteiger charge is -2.17. The van der Waals surface area contributed by atoms with Gasteiger partial charge in [-0.1, -0.05) is 35.9 Å². The zero-order valence-electron chi connectivity index (χ0n) is 18.8. The van der Waals surface area contributed by atoms with Gasteiger partial charge in [-0.25, -0.2) is 0 Å². The number of amides is 3. The predicted octanol–water partition coefficient (Wildman–Crippen LogP) is 4.98. The molecule has 2 aliphatic rings. The van der Waals surface area contributed by atoms with Crippen molar-refractivity contribution in [3.8, 4) is 11.5 Å². The maximum Gasteiger partial charge on any atom is 0.293 e. The summed E-state index contributed by atoms with van der Waals surface area (Å²) < 4.78 is 11.4. The van der Waals surface area contributed by atoms with Crippen LogP contribution in [0, 0.1) is 0 Å². The molecule has 0 atom stereocenters. The monoisotopic (exact) mass is 500 g/mol. The number of carbonyl (C=O) groups is 3. The van der Waals surface area contributed by atoms with Crippen LogP contribution >= 0.6 is 23.4 Å². The zero-order chi connectivity index (χ0) is 24.1. The maximum atomic E-state index is 12.9. The molecule has 3 amide bonds. The molecule has 2 aliphatic heterocycles. The van der Waals surface area contributed by atoms with Crippen LogP contribution in [0.25, 0.3) is 6.08 Å². The van der Waals surface area contributed by atoms with Crippen LogP contribution in [0.1, 0.15) is 30.9 Å². The van der Waals surface area contributed by atoms with Crippen LogP contribution in [0.4, 0.5) is 4.79 Å². The topological polar surface area (TPSA) is 76.1 Å². The van der Waals surface area contributed by atoms with Gasteiger partial charge in [0.1, 0.15) is 0 Å². The van der Waals surface area contributed by atoms with E-state index in [-0.39, 0.29) is 30.2 Å². The van der Waals surface area contributed by atoms with Crippen LogP contribution in [-0.4, -0.2) is 53.2 Å². The van der Waals surface area contributed by atoms with Gasteiger partial charge in [-0.05, 0) is 66.9 Å². The molecule has 0 N–H and O–H groups in total. The number of imide groups is 1. The molecule has 0 bridgehead atoms. The minimum atomic E-state index is -0.371. The quantitative estimate of drug-likeness (QED) is 0.476. The molecule has 0 saturated carbocycles. The summed E-state index contributed by atoms with van der Waals surface area (Å²) >= 11 is 7.07. The zero-order valence-corrected chi connectivity index (χ0v) is 20.4. The van der Waals surface area contributed by atoms with E-state index in [2.05, 4.69) is 0 Å². The number of likely N-dealkylation sites (tertiary alicyclic amines) is 1. The third kappa shape index (κ3) is 5.56. The number of hydrogen-bond donors (Lipinski definition) is 0. The molecule has 4 rings (SSSR count). The molecule has 2 saturated heterocycles. The second-order valence-electron chi connectivity index (χ2n) is 7.88. The maximum absolute atomic E-state index is 12.9. The summed E-state index contributed by atoms with van der Waals surface area (Å²) in [4.78, 5) is 41.0. The number of halogens is 1. The minimum absolute atomic E-state index is 0.0452. The summed E-state index contributed by atoms with van der Waals surface area (Å²) in [6, 6.07) is 12.3. The van der Waals surface area contributed by atoms with Crippen LogP contribution in [0.3, 0.4) is 0 Å². The van der Waals surface area contributed by atoms with E-state index in [1.54, 1.807) is 47.4 Å². The van der Waals surface area contributed by atoms with Gasteiger partial charge >= 0.3 is 0 Å². The first-order valence-corrected chi connectivity index (χ1v) is 12.3. The average molecular weight is 501 g/mol. The fourth-order valence-corrected chi connectivity index (χ4v) is 4.82. The molecule has 34 heavy (non-hydrogen) atoms. The molecule has 178 valence electrons. The molecule has 2 aromatic rings. The Morgan fingerprint density at radius 2 is 1.85 bits per heavy atom. The summed E-state index contributed by atoms with van der Waals surface area (Å²) in [5.74, 6) is 0.514. The molecule has 2 fully saturated rings. The predicted molar refractivity (Wildman–Crippen MR) is 132 cm³/mol. The van der Waals surface area contributed by atoms with Gasteiger partial charge in [-0.3, -0.25) is 19.3 Å². The molecule has 2 heterocycles. The van der Waals surface area contributed by atoms with Gasteiger partial charge in [0.05, 0.1) is 18.1 Å². The summed E-state index contributed by atoms with van der Waals surface area (Å²) in [5, 5.41) is 0.160. The van der Waals surface area contributed by atoms with Gasteiger partial charge in [-0.2, -0.15) is 0 Å². The van der Waals surface area contributed by atoms with E-state index >= 15 is 0 Å². The van der Waals surface area contributed by atoms with E-state index in [9.17, 15) is 14.4 Å². The Kier molecular flexibility index (Phi) is 7.80. The molecule has 0 spiro atoms. The SMILES string of the molecule is CCOc1cc(/C=C2\SC(=O)N(Cc3ccccc3Cl)C2=O)ccc1OCC(=O)N1CCCC1. The Morgan fingerprint density at radius 1 is 1.09 bits per heavy atom. The molecule has 2 aromatic carbocycles. The molecular weight excluding hydrogens is 476 g/mol. The summed E-state index contributed by atoms with van der Waals surface area (Å²) in [7, 11) is 0. The number of nitrogens with zero attached hydrogens (tertiary/aromatic N) is 2. The van der Waals surface area contributed by atoms with Crippen molar-refractivity contribution >= 4 is 46.5 Å². The fourth-order valence-electron chi connectivity index (χ4n) is 3.78. The van der Waals surface area contributed by atoms with E-state index in [0.717, 1.165) is 37.7 Å². The minimum Gasteiger partial charge on any atom is -0.490 e. The van der Waals surface area contributed by atoms with Gasteiger partial charge < -0.3 is 14.4 Å². The van der Waals surface area contributed by atoms with E-state index in [1.807, 2.05) is 13.0 Å². The lowest BCUT2D eigenvalue weighted by Crippen LogP contribution is -2.32. The van der Waals surface area contributed by atoms with E-state index < -0.39 is 0 Å². The lowest BCUT2D eigenvalue weighted by atomic mass is 10.1. The van der Waals surface area contributed by atoms with Crippen molar-refractivity contribution in [3.05, 3.63) is 63.5 Å². The second kappa shape index (κ2) is 11.0. The molecule has 0 unspecified atom stereocenters. The molecule has 9 heteroatoms. The molecule has 0 aliphatic carbocycles. The summed E-state index contributed by atoms with van der Waals surface area (Å²) in [6.45, 7) is 3.86. The highest BCUT2D eigenvalue weighted by Gasteiger charge is 2.35. The van der Waals surface area contributed by atoms with Crippen LogP contribution in [-0.2, 0) is 16.1 Å². The van der Waals surface area contributed by atoms with Crippen molar-refractivity contribution in [2.75, 3.05) is 26.3 Å². The molecule has 0 aromatic heterocycles. The Balaban J connectivity index is 1.47. The first kappa shape index (κ1) is 24.2. The average Bonchev–Trinajstić information content (AvgIpc) is 3.45. The van der Waals surface area contributed by atoms with E-state index in [0.29, 0.717) is 39.2 Å². The smallest absolute Gasteiger partial charge is 0.293 e. The third-order valence-corrected chi connectivity index (χ3v) is 6.81. The first-order valence-electron chi connectivity index (χ1n) is 11.1. The Morgan fingerprint density at radius 3 is 2.59 bits per heavy atom. The number of carbonyl (C=O) groups excluding carboxylic acids is 3. The lowest BCUT2D eigenvalue weighted by molar-refractivity contribution is -0.132. The number of ether oxygens (including phenoxy) is 2. The van der Waals surface area contributed by atoms with Gasteiger partial charge in [0.15, 0.2) is 18.1 Å². The molecule has 0 radical (unpaired) electrons. The Hall–Kier alpha value is -2.97. The van der Waals surface area contributed by atoms with E-state index in [4.69, 9.17) is 21.1 Å². The number of thioether (sulfide) groups is 1. The highest BCUT2D eigenvalue weighted by molar-refractivity contribution is 8.18. The van der Waals surface area contributed by atoms with Crippen molar-refractivity contribution in [1.82, 2.24) is 9.80 Å². The van der Waals surface area contributed by atoms with E-state index in [1.165, 1.54) is 4.90 Å². The number of hydrogen-bond acceptors (Lipinski definition) is 6. The largest absolute Gasteiger partial charge is 0.490 e. The summed E-state index contributed by atoms with van der Waals surface area (Å²) in [6.07, 6.45) is 3.70. The number of rotatable bonds is 8. The highest BCUT2D eigenvalue weighted by atomic mass is 35.5. The van der Waals surface area contributed by atoms with Gasteiger partial charge in [0.2, 0.25) is 0 Å². The second-order valence-corrected chi connectivity index (χ2v) is 9.28. The standard InChI is InChI=1S/C25H25ClN2O5S/c1-2-32-21-13-17(9-10-20(21)33-16-23(29)27-11-5-6-12-27)14-22-24(30)28(25(31)34-22)15-18-7-3-4-8-19(18)26/h3-4,7-10,13-14H,2,5-6,11-12,15-16H2,1H3/b22-14-. The molecule has 7 nitrogen and oxygen atoms in total. The van der Waals surface area contributed by atoms with Crippen molar-refractivity contribution in [2.45, 2.75) is 26.3 Å². The van der Waals surface area contributed by atoms with Crippen LogP contribution in [0.15, 0.2) is 47.4 Å². The normalized spacial score (nSPS) is 17.1. The number of benzene rings is 2. The summed E-state index contributed by atoms with van der Waals surface area (Å²) in [5.41, 5.74) is 1.39. The van der Waals surface area contributed by atoms with Crippen LogP contribution in [0.2, 0.25) is 5.02 Å². The van der Waals surface area contributed by atoms with Crippen LogP contribution in [0.5, 0.6) is 11.5 Å². The Bertz CT molecular complexity index is 1130. The van der Waals surface area contributed by atoms with Gasteiger partial charge in [0, 0.05) is 18.1 Å². The molecular formula is C25H25ClN2O5S. The third-order valence-electron chi connectivity index (χ3n) is 5.54. The van der Waals surface area contributed by atoms with Crippen molar-refractivity contribution in [3.63, 3.8) is 0 Å². The highest BCUT2D eigenvalue weighted by Crippen LogP contribution is 2.36. The van der Waals surface area contributed by atoms with Gasteiger partial charge in [0.25, 0.3) is 17.1 Å².